The first-order chi connectivity index (χ1) is 9.72. The van der Waals surface area contributed by atoms with Gasteiger partial charge in [0.2, 0.25) is 0 Å². The van der Waals surface area contributed by atoms with E-state index in [-0.39, 0.29) is 5.82 Å². The Kier molecular flexibility index (Phi) is 3.80. The van der Waals surface area contributed by atoms with Gasteiger partial charge in [0.05, 0.1) is 11.4 Å². The van der Waals surface area contributed by atoms with Gasteiger partial charge in [-0.2, -0.15) is 0 Å². The van der Waals surface area contributed by atoms with E-state index in [2.05, 4.69) is 26.2 Å². The summed E-state index contributed by atoms with van der Waals surface area (Å²) in [6.07, 6.45) is 0. The highest BCUT2D eigenvalue weighted by Gasteiger charge is 2.06. The van der Waals surface area contributed by atoms with Gasteiger partial charge >= 0.3 is 0 Å². The fourth-order valence-corrected chi connectivity index (χ4v) is 2.76. The van der Waals surface area contributed by atoms with Crippen LogP contribution in [0.5, 0.6) is 0 Å². The lowest BCUT2D eigenvalue weighted by Crippen LogP contribution is -1.92. The van der Waals surface area contributed by atoms with Crippen LogP contribution >= 0.6 is 27.3 Å². The smallest absolute Gasteiger partial charge is 0.187 e. The Morgan fingerprint density at radius 2 is 1.80 bits per heavy atom. The van der Waals surface area contributed by atoms with Crippen LogP contribution in [0.1, 0.15) is 0 Å². The molecule has 2 aromatic carbocycles. The molecule has 2 nitrogen and oxygen atoms in total. The predicted octanol–water partition coefficient (Wildman–Crippen LogP) is 5.46. The molecule has 100 valence electrons. The quantitative estimate of drug-likeness (QED) is 0.680. The molecule has 20 heavy (non-hydrogen) atoms. The minimum absolute atomic E-state index is 0.284. The number of aromatic nitrogens is 1. The molecule has 0 bridgehead atoms. The second-order valence-electron chi connectivity index (χ2n) is 4.15. The first kappa shape index (κ1) is 13.3. The number of thiazole rings is 1. The fourth-order valence-electron chi connectivity index (χ4n) is 1.76. The summed E-state index contributed by atoms with van der Waals surface area (Å²) in [4.78, 5) is 4.47. The lowest BCUT2D eigenvalue weighted by Gasteiger charge is -2.03. The lowest BCUT2D eigenvalue weighted by molar-refractivity contribution is 0.632. The fraction of sp³-hybridized carbons (Fsp3) is 0. The Morgan fingerprint density at radius 1 is 1.05 bits per heavy atom. The van der Waals surface area contributed by atoms with Crippen molar-refractivity contribution in [1.82, 2.24) is 4.98 Å². The first-order valence-electron chi connectivity index (χ1n) is 5.95. The molecular formula is C15H10BrFN2S. The van der Waals surface area contributed by atoms with E-state index < -0.39 is 0 Å². The third kappa shape index (κ3) is 2.89. The summed E-state index contributed by atoms with van der Waals surface area (Å²) in [6, 6.07) is 14.5. The van der Waals surface area contributed by atoms with E-state index in [0.29, 0.717) is 10.8 Å². The van der Waals surface area contributed by atoms with Crippen LogP contribution in [0.3, 0.4) is 0 Å². The van der Waals surface area contributed by atoms with Crippen molar-refractivity contribution in [1.29, 1.82) is 0 Å². The summed E-state index contributed by atoms with van der Waals surface area (Å²) < 4.78 is 14.6. The molecule has 5 heteroatoms. The zero-order chi connectivity index (χ0) is 13.9. The van der Waals surface area contributed by atoms with Gasteiger partial charge < -0.3 is 5.32 Å². The largest absolute Gasteiger partial charge is 0.329 e. The van der Waals surface area contributed by atoms with Crippen LogP contribution in [0.2, 0.25) is 0 Å². The number of nitrogens with zero attached hydrogens (tertiary/aromatic N) is 1. The summed E-state index contributed by atoms with van der Waals surface area (Å²) in [6.45, 7) is 0. The van der Waals surface area contributed by atoms with Gasteiger partial charge in [0.25, 0.3) is 0 Å². The van der Waals surface area contributed by atoms with Crippen molar-refractivity contribution in [3.05, 3.63) is 64.2 Å². The summed E-state index contributed by atoms with van der Waals surface area (Å²) in [5.74, 6) is -0.284. The van der Waals surface area contributed by atoms with Gasteiger partial charge in [0.1, 0.15) is 5.82 Å². The van der Waals surface area contributed by atoms with Crippen LogP contribution in [0.4, 0.5) is 15.2 Å². The van der Waals surface area contributed by atoms with Crippen molar-refractivity contribution < 1.29 is 4.39 Å². The molecule has 0 atom stereocenters. The number of nitrogens with one attached hydrogen (secondary N) is 1. The zero-order valence-electron chi connectivity index (χ0n) is 10.3. The van der Waals surface area contributed by atoms with Gasteiger partial charge in [0, 0.05) is 15.4 Å². The van der Waals surface area contributed by atoms with Crippen molar-refractivity contribution in [3.8, 4) is 11.3 Å². The number of hydrogen-bond acceptors (Lipinski definition) is 3. The van der Waals surface area contributed by atoms with Gasteiger partial charge in [-0.3, -0.25) is 0 Å². The first-order valence-corrected chi connectivity index (χ1v) is 7.63. The molecule has 0 saturated heterocycles. The Morgan fingerprint density at radius 3 is 2.55 bits per heavy atom. The van der Waals surface area contributed by atoms with Crippen molar-refractivity contribution in [2.45, 2.75) is 0 Å². The van der Waals surface area contributed by atoms with Crippen molar-refractivity contribution in [2.24, 2.45) is 0 Å². The lowest BCUT2D eigenvalue weighted by atomic mass is 10.2. The highest BCUT2D eigenvalue weighted by Crippen LogP contribution is 2.28. The summed E-state index contributed by atoms with van der Waals surface area (Å²) in [5, 5.41) is 5.62. The number of halogens is 2. The van der Waals surface area contributed by atoms with E-state index in [4.69, 9.17) is 0 Å². The zero-order valence-corrected chi connectivity index (χ0v) is 12.7. The molecule has 1 aromatic heterocycles. The molecule has 0 spiro atoms. The van der Waals surface area contributed by atoms with Gasteiger partial charge in [-0.15, -0.1) is 11.3 Å². The molecule has 0 saturated carbocycles. The van der Waals surface area contributed by atoms with E-state index in [1.165, 1.54) is 17.4 Å². The van der Waals surface area contributed by atoms with Crippen molar-refractivity contribution in [3.63, 3.8) is 0 Å². The van der Waals surface area contributed by atoms with Crippen molar-refractivity contribution >= 4 is 38.1 Å². The SMILES string of the molecule is Fc1ccccc1Nc1nc(-c2ccc(Br)cc2)cs1. The Balaban J connectivity index is 1.84. The topological polar surface area (TPSA) is 24.9 Å². The van der Waals surface area contributed by atoms with Crippen LogP contribution in [0, 0.1) is 5.82 Å². The Bertz CT molecular complexity index is 725. The predicted molar refractivity (Wildman–Crippen MR) is 84.9 cm³/mol. The summed E-state index contributed by atoms with van der Waals surface area (Å²) >= 11 is 4.86. The minimum atomic E-state index is -0.284. The molecule has 3 aromatic rings. The van der Waals surface area contributed by atoms with Crippen molar-refractivity contribution in [2.75, 3.05) is 5.32 Å². The Hall–Kier alpha value is -1.72. The number of para-hydroxylation sites is 1. The van der Waals surface area contributed by atoms with E-state index in [1.807, 2.05) is 29.6 Å². The molecule has 0 fully saturated rings. The maximum Gasteiger partial charge on any atom is 0.187 e. The third-order valence-electron chi connectivity index (χ3n) is 2.76. The highest BCUT2D eigenvalue weighted by atomic mass is 79.9. The van der Waals surface area contributed by atoms with E-state index in [9.17, 15) is 4.39 Å². The second-order valence-corrected chi connectivity index (χ2v) is 5.92. The second kappa shape index (κ2) is 5.73. The van der Waals surface area contributed by atoms with E-state index in [1.54, 1.807) is 18.2 Å². The maximum atomic E-state index is 13.6. The molecule has 0 radical (unpaired) electrons. The molecule has 0 amide bonds. The van der Waals surface area contributed by atoms with Gasteiger partial charge in [0.15, 0.2) is 5.13 Å². The summed E-state index contributed by atoms with van der Waals surface area (Å²) in [7, 11) is 0. The van der Waals surface area contributed by atoms with Crippen LogP contribution in [-0.4, -0.2) is 4.98 Å². The molecule has 1 heterocycles. The van der Waals surface area contributed by atoms with Crippen LogP contribution in [0.25, 0.3) is 11.3 Å². The molecular weight excluding hydrogens is 339 g/mol. The number of benzene rings is 2. The van der Waals surface area contributed by atoms with Crippen LogP contribution in [0.15, 0.2) is 58.4 Å². The number of anilines is 2. The standard InChI is InChI=1S/C15H10BrFN2S/c16-11-7-5-10(6-8-11)14-9-20-15(19-14)18-13-4-2-1-3-12(13)17/h1-9H,(H,18,19). The van der Waals surface area contributed by atoms with Gasteiger partial charge in [-0.1, -0.05) is 40.2 Å². The molecule has 0 aliphatic heterocycles. The molecule has 3 rings (SSSR count). The highest BCUT2D eigenvalue weighted by molar-refractivity contribution is 9.10. The molecule has 0 unspecified atom stereocenters. The minimum Gasteiger partial charge on any atom is -0.329 e. The monoisotopic (exact) mass is 348 g/mol. The van der Waals surface area contributed by atoms with Gasteiger partial charge in [-0.25, -0.2) is 9.37 Å². The van der Waals surface area contributed by atoms with Crippen LogP contribution < -0.4 is 5.32 Å². The summed E-state index contributed by atoms with van der Waals surface area (Å²) in [5.41, 5.74) is 2.34. The average Bonchev–Trinajstić information content (AvgIpc) is 2.91. The molecule has 1 N–H and O–H groups in total. The van der Waals surface area contributed by atoms with Crippen LogP contribution in [-0.2, 0) is 0 Å². The van der Waals surface area contributed by atoms with E-state index in [0.717, 1.165) is 15.7 Å². The molecule has 0 aliphatic rings. The van der Waals surface area contributed by atoms with E-state index >= 15 is 0 Å². The third-order valence-corrected chi connectivity index (χ3v) is 4.05. The maximum absolute atomic E-state index is 13.6. The number of rotatable bonds is 3. The van der Waals surface area contributed by atoms with Gasteiger partial charge in [-0.05, 0) is 24.3 Å². The Labute approximate surface area is 128 Å². The normalized spacial score (nSPS) is 10.5. The molecule has 0 aliphatic carbocycles. The average molecular weight is 349 g/mol. The number of hydrogen-bond donors (Lipinski definition) is 1.